The van der Waals surface area contributed by atoms with Crippen LogP contribution in [0, 0.1) is 6.92 Å². The van der Waals surface area contributed by atoms with Gasteiger partial charge in [0.15, 0.2) is 11.6 Å². The number of imidazole rings is 1. The van der Waals surface area contributed by atoms with Gasteiger partial charge in [0.25, 0.3) is 5.91 Å². The number of pyridine rings is 2. The molecule has 0 bridgehead atoms. The lowest BCUT2D eigenvalue weighted by Gasteiger charge is -2.21. The van der Waals surface area contributed by atoms with Gasteiger partial charge in [-0.15, -0.1) is 0 Å². The van der Waals surface area contributed by atoms with Gasteiger partial charge in [-0.2, -0.15) is 0 Å². The molecule has 0 aliphatic carbocycles. The number of likely N-dealkylation sites (N-methyl/N-ethyl adjacent to an activating group) is 1. The first kappa shape index (κ1) is 30.3. The van der Waals surface area contributed by atoms with Crippen LogP contribution in [0.5, 0.6) is 0 Å². The Morgan fingerprint density at radius 3 is 2.67 bits per heavy atom. The zero-order valence-electron chi connectivity index (χ0n) is 26.1. The molecule has 2 N–H and O–H groups in total. The fourth-order valence-corrected chi connectivity index (χ4v) is 6.81. The number of benzene rings is 2. The van der Waals surface area contributed by atoms with Crippen LogP contribution >= 0.6 is 11.6 Å². The second-order valence-electron chi connectivity index (χ2n) is 12.3. The Morgan fingerprint density at radius 1 is 1.07 bits per heavy atom. The van der Waals surface area contributed by atoms with Crippen LogP contribution in [-0.2, 0) is 26.6 Å². The third-order valence-electron chi connectivity index (χ3n) is 9.05. The number of rotatable bonds is 7. The van der Waals surface area contributed by atoms with Crippen molar-refractivity contribution in [2.24, 2.45) is 7.05 Å². The van der Waals surface area contributed by atoms with E-state index in [1.54, 1.807) is 12.3 Å². The van der Waals surface area contributed by atoms with Gasteiger partial charge in [0.05, 0.1) is 16.4 Å². The average Bonchev–Trinajstić information content (AvgIpc) is 3.60. The summed E-state index contributed by atoms with van der Waals surface area (Å²) in [5.74, 6) is 0.720. The number of alkyl halides is 1. The molecule has 0 spiro atoms. The fraction of sp³-hybridized carbons (Fsp3) is 0.314. The highest BCUT2D eigenvalue weighted by Crippen LogP contribution is 2.38. The number of carbonyl (C=O) groups excluding carboxylic acids is 1. The minimum Gasteiger partial charge on any atom is -0.338 e. The molecule has 236 valence electrons. The Kier molecular flexibility index (Phi) is 8.18. The summed E-state index contributed by atoms with van der Waals surface area (Å²) < 4.78 is 15.6. The Morgan fingerprint density at radius 2 is 1.87 bits per heavy atom. The van der Waals surface area contributed by atoms with Gasteiger partial charge in [0, 0.05) is 80.9 Å². The highest BCUT2D eigenvalue weighted by Gasteiger charge is 2.25. The maximum atomic E-state index is 13.7. The van der Waals surface area contributed by atoms with Gasteiger partial charge in [-0.05, 0) is 61.3 Å². The number of nitrogens with zero attached hydrogens (tertiary/aromatic N) is 6. The molecule has 0 radical (unpaired) electrons. The van der Waals surface area contributed by atoms with E-state index in [0.29, 0.717) is 41.9 Å². The quantitative estimate of drug-likeness (QED) is 0.210. The molecule has 5 heterocycles. The lowest BCUT2D eigenvalue weighted by atomic mass is 9.98. The van der Waals surface area contributed by atoms with E-state index < -0.39 is 6.17 Å². The van der Waals surface area contributed by atoms with Gasteiger partial charge in [0.2, 0.25) is 0 Å². The predicted molar refractivity (Wildman–Crippen MR) is 180 cm³/mol. The summed E-state index contributed by atoms with van der Waals surface area (Å²) in [7, 11) is 3.95. The molecule has 5 aromatic rings. The largest absolute Gasteiger partial charge is 0.338 e. The van der Waals surface area contributed by atoms with Gasteiger partial charge < -0.3 is 20.1 Å². The number of anilines is 3. The summed E-state index contributed by atoms with van der Waals surface area (Å²) in [5.41, 5.74) is 7.92. The second kappa shape index (κ2) is 12.4. The van der Waals surface area contributed by atoms with E-state index >= 15 is 0 Å². The molecule has 46 heavy (non-hydrogen) atoms. The molecule has 1 atom stereocenters. The fourth-order valence-electron chi connectivity index (χ4n) is 6.54. The van der Waals surface area contributed by atoms with E-state index in [2.05, 4.69) is 43.5 Å². The normalized spacial score (nSPS) is 16.9. The molecule has 11 heteroatoms. The summed E-state index contributed by atoms with van der Waals surface area (Å²) in [6, 6.07) is 15.7. The molecule has 2 aliphatic heterocycles. The van der Waals surface area contributed by atoms with E-state index in [1.807, 2.05) is 61.1 Å². The number of carbonyl (C=O) groups is 1. The third kappa shape index (κ3) is 5.84. The summed E-state index contributed by atoms with van der Waals surface area (Å²) >= 11 is 6.97. The molecule has 1 fully saturated rings. The van der Waals surface area contributed by atoms with Crippen LogP contribution in [0.4, 0.5) is 21.6 Å². The maximum Gasteiger partial charge on any atom is 0.291 e. The predicted octanol–water partition coefficient (Wildman–Crippen LogP) is 6.52. The van der Waals surface area contributed by atoms with Crippen LogP contribution in [-0.4, -0.2) is 68.1 Å². The first-order chi connectivity index (χ1) is 22.2. The van der Waals surface area contributed by atoms with Gasteiger partial charge in [0.1, 0.15) is 11.7 Å². The van der Waals surface area contributed by atoms with E-state index in [0.717, 1.165) is 76.3 Å². The number of amides is 1. The third-order valence-corrected chi connectivity index (χ3v) is 9.46. The standard InChI is InChI=1S/C35H36ClFN8O/c1-21-25(26-7-5-9-28(31(26)36)42-35(46)34-41-29-20-43(2)14-12-30(29)44(34)3)6-4-8-27(21)40-33-32-23(10-13-38-33)16-22(17-39-32)18-45-15-11-24(37)19-45/h4-10,13,16-17,24H,11-12,14-15,18-20H2,1-3H3,(H,38,40)(H,42,46)/t24-/m1/s1. The van der Waals surface area contributed by atoms with Crippen molar-refractivity contribution in [3.05, 3.63) is 94.3 Å². The van der Waals surface area contributed by atoms with Crippen LogP contribution in [0.1, 0.15) is 39.6 Å². The van der Waals surface area contributed by atoms with Crippen LogP contribution in [0.25, 0.3) is 22.0 Å². The van der Waals surface area contributed by atoms with Crippen molar-refractivity contribution in [1.82, 2.24) is 29.3 Å². The SMILES string of the molecule is Cc1c(Nc2nccc3cc(CN4CC[C@@H](F)C4)cnc23)cccc1-c1cccc(NC(=O)c2nc3c(n2C)CCN(C)C3)c1Cl. The van der Waals surface area contributed by atoms with E-state index in [-0.39, 0.29) is 5.91 Å². The molecule has 1 amide bonds. The molecular weight excluding hydrogens is 603 g/mol. The number of hydrogen-bond donors (Lipinski definition) is 2. The molecule has 3 aromatic heterocycles. The van der Waals surface area contributed by atoms with Crippen molar-refractivity contribution in [2.75, 3.05) is 37.3 Å². The molecule has 2 aromatic carbocycles. The number of likely N-dealkylation sites (tertiary alicyclic amines) is 1. The molecule has 1 saturated heterocycles. The number of hydrogen-bond acceptors (Lipinski definition) is 7. The van der Waals surface area contributed by atoms with Crippen molar-refractivity contribution in [2.45, 2.75) is 39.0 Å². The van der Waals surface area contributed by atoms with Crippen LogP contribution < -0.4 is 10.6 Å². The van der Waals surface area contributed by atoms with Crippen molar-refractivity contribution < 1.29 is 9.18 Å². The van der Waals surface area contributed by atoms with Crippen LogP contribution in [0.2, 0.25) is 5.02 Å². The lowest BCUT2D eigenvalue weighted by molar-refractivity contribution is 0.101. The smallest absolute Gasteiger partial charge is 0.291 e. The molecular formula is C35H36ClFN8O. The Balaban J connectivity index is 1.13. The van der Waals surface area contributed by atoms with Crippen molar-refractivity contribution in [3.63, 3.8) is 0 Å². The van der Waals surface area contributed by atoms with Crippen molar-refractivity contribution >= 4 is 45.6 Å². The number of halogens is 2. The second-order valence-corrected chi connectivity index (χ2v) is 12.7. The van der Waals surface area contributed by atoms with E-state index in [4.69, 9.17) is 16.6 Å². The van der Waals surface area contributed by atoms with Crippen molar-refractivity contribution in [3.8, 4) is 11.1 Å². The number of nitrogens with one attached hydrogen (secondary N) is 2. The highest BCUT2D eigenvalue weighted by atomic mass is 35.5. The molecule has 2 aliphatic rings. The van der Waals surface area contributed by atoms with Crippen LogP contribution in [0.3, 0.4) is 0 Å². The first-order valence-electron chi connectivity index (χ1n) is 15.5. The maximum absolute atomic E-state index is 13.7. The molecule has 7 rings (SSSR count). The van der Waals surface area contributed by atoms with Gasteiger partial charge in [-0.3, -0.25) is 14.7 Å². The number of aromatic nitrogens is 4. The zero-order valence-corrected chi connectivity index (χ0v) is 26.9. The van der Waals surface area contributed by atoms with Crippen molar-refractivity contribution in [1.29, 1.82) is 0 Å². The zero-order chi connectivity index (χ0) is 31.9. The minimum absolute atomic E-state index is 0.296. The van der Waals surface area contributed by atoms with E-state index in [9.17, 15) is 9.18 Å². The van der Waals surface area contributed by atoms with Gasteiger partial charge in [-0.1, -0.05) is 35.9 Å². The summed E-state index contributed by atoms with van der Waals surface area (Å²) in [6.45, 7) is 5.60. The monoisotopic (exact) mass is 638 g/mol. The van der Waals surface area contributed by atoms with Crippen LogP contribution in [0.15, 0.2) is 60.9 Å². The minimum atomic E-state index is -0.747. The lowest BCUT2D eigenvalue weighted by Crippen LogP contribution is -2.27. The Hall–Kier alpha value is -4.38. The summed E-state index contributed by atoms with van der Waals surface area (Å²) in [4.78, 5) is 31.7. The van der Waals surface area contributed by atoms with Gasteiger partial charge in [-0.25, -0.2) is 14.4 Å². The van der Waals surface area contributed by atoms with Gasteiger partial charge >= 0.3 is 0 Å². The first-order valence-corrected chi connectivity index (χ1v) is 15.9. The summed E-state index contributed by atoms with van der Waals surface area (Å²) in [5, 5.41) is 7.89. The molecule has 9 nitrogen and oxygen atoms in total. The Labute approximate surface area is 272 Å². The highest BCUT2D eigenvalue weighted by molar-refractivity contribution is 6.36. The number of fused-ring (bicyclic) bond motifs is 2. The Bertz CT molecular complexity index is 1960. The average molecular weight is 639 g/mol. The van der Waals surface area contributed by atoms with E-state index in [1.165, 1.54) is 0 Å². The molecule has 0 unspecified atom stereocenters. The topological polar surface area (TPSA) is 91.2 Å². The molecule has 0 saturated carbocycles. The summed E-state index contributed by atoms with van der Waals surface area (Å²) in [6.07, 6.45) is 4.31.